The Kier molecular flexibility index (Phi) is 6.00. The van der Waals surface area contributed by atoms with Gasteiger partial charge in [0.25, 0.3) is 0 Å². The molecule has 1 aliphatic rings. The zero-order valence-electron chi connectivity index (χ0n) is 13.1. The first-order valence-electron chi connectivity index (χ1n) is 7.82. The lowest BCUT2D eigenvalue weighted by Gasteiger charge is -2.31. The number of rotatable bonds is 4. The average molecular weight is 367 g/mol. The summed E-state index contributed by atoms with van der Waals surface area (Å²) >= 11 is 3.43. The minimum Gasteiger partial charge on any atom is -0.349 e. The number of hydrogen-bond acceptors (Lipinski definition) is 2. The van der Waals surface area contributed by atoms with Crippen LogP contribution in [-0.2, 0) is 9.59 Å². The van der Waals surface area contributed by atoms with Crippen LogP contribution in [0.2, 0.25) is 0 Å². The molecule has 0 bridgehead atoms. The van der Waals surface area contributed by atoms with Crippen molar-refractivity contribution in [3.05, 3.63) is 34.3 Å². The molecule has 22 heavy (non-hydrogen) atoms. The maximum absolute atomic E-state index is 12.5. The van der Waals surface area contributed by atoms with Crippen LogP contribution >= 0.6 is 15.9 Å². The van der Waals surface area contributed by atoms with Crippen LogP contribution in [0.15, 0.2) is 28.7 Å². The number of nitrogens with zero attached hydrogens (tertiary/aromatic N) is 1. The lowest BCUT2D eigenvalue weighted by Crippen LogP contribution is -2.43. The second kappa shape index (κ2) is 7.77. The number of carbonyl (C=O) groups excluding carboxylic acids is 2. The number of benzene rings is 1. The fraction of sp³-hybridized carbons (Fsp3) is 0.529. The van der Waals surface area contributed by atoms with Crippen LogP contribution in [0.25, 0.3) is 0 Å². The summed E-state index contributed by atoms with van der Waals surface area (Å²) in [6.07, 6.45) is 2.37. The van der Waals surface area contributed by atoms with Crippen molar-refractivity contribution in [1.82, 2.24) is 10.2 Å². The molecule has 1 aliphatic heterocycles. The minimum absolute atomic E-state index is 0.0140. The molecule has 0 unspecified atom stereocenters. The van der Waals surface area contributed by atoms with Crippen molar-refractivity contribution in [3.8, 4) is 0 Å². The Labute approximate surface area is 140 Å². The Balaban J connectivity index is 1.93. The predicted octanol–water partition coefficient (Wildman–Crippen LogP) is 3.27. The fourth-order valence-corrected chi connectivity index (χ4v) is 3.13. The van der Waals surface area contributed by atoms with Crippen molar-refractivity contribution < 1.29 is 9.59 Å². The number of halogens is 1. The molecule has 1 heterocycles. The van der Waals surface area contributed by atoms with Gasteiger partial charge >= 0.3 is 0 Å². The minimum atomic E-state index is 0.0140. The Hall–Kier alpha value is -1.36. The monoisotopic (exact) mass is 366 g/mol. The van der Waals surface area contributed by atoms with E-state index < -0.39 is 0 Å². The first-order chi connectivity index (χ1) is 10.5. The van der Waals surface area contributed by atoms with E-state index in [0.717, 1.165) is 29.3 Å². The molecular formula is C17H23BrN2O2. The summed E-state index contributed by atoms with van der Waals surface area (Å²) in [5.74, 6) is 0.221. The van der Waals surface area contributed by atoms with Gasteiger partial charge < -0.3 is 10.2 Å². The number of hydrogen-bond donors (Lipinski definition) is 1. The summed E-state index contributed by atoms with van der Waals surface area (Å²) in [7, 11) is 0. The van der Waals surface area contributed by atoms with Crippen molar-refractivity contribution in [2.45, 2.75) is 39.2 Å². The summed E-state index contributed by atoms with van der Waals surface area (Å²) in [5, 5.41) is 3.16. The lowest BCUT2D eigenvalue weighted by molar-refractivity contribution is -0.134. The Morgan fingerprint density at radius 1 is 1.27 bits per heavy atom. The van der Waals surface area contributed by atoms with Gasteiger partial charge in [0.1, 0.15) is 0 Å². The molecule has 0 spiro atoms. The van der Waals surface area contributed by atoms with Crippen LogP contribution in [0.5, 0.6) is 0 Å². The molecule has 1 saturated heterocycles. The second-order valence-electron chi connectivity index (χ2n) is 5.80. The normalized spacial score (nSPS) is 17.1. The van der Waals surface area contributed by atoms with Gasteiger partial charge in [0.05, 0.1) is 6.04 Å². The van der Waals surface area contributed by atoms with Crippen LogP contribution in [0.4, 0.5) is 0 Å². The van der Waals surface area contributed by atoms with Gasteiger partial charge in [0, 0.05) is 30.4 Å². The van der Waals surface area contributed by atoms with Crippen LogP contribution in [0.3, 0.4) is 0 Å². The molecular weight excluding hydrogens is 344 g/mol. The zero-order valence-corrected chi connectivity index (χ0v) is 14.7. The molecule has 4 nitrogen and oxygen atoms in total. The van der Waals surface area contributed by atoms with Gasteiger partial charge in [-0.05, 0) is 37.0 Å². The Morgan fingerprint density at radius 2 is 1.86 bits per heavy atom. The van der Waals surface area contributed by atoms with E-state index in [9.17, 15) is 9.59 Å². The highest BCUT2D eigenvalue weighted by molar-refractivity contribution is 9.10. The van der Waals surface area contributed by atoms with Crippen LogP contribution < -0.4 is 5.32 Å². The smallest absolute Gasteiger partial charge is 0.223 e. The maximum atomic E-state index is 12.5. The van der Waals surface area contributed by atoms with Crippen molar-refractivity contribution in [2.24, 2.45) is 5.92 Å². The highest BCUT2D eigenvalue weighted by atomic mass is 79.9. The van der Waals surface area contributed by atoms with E-state index >= 15 is 0 Å². The fourth-order valence-electron chi connectivity index (χ4n) is 2.86. The molecule has 5 heteroatoms. The lowest BCUT2D eigenvalue weighted by atomic mass is 9.94. The van der Waals surface area contributed by atoms with E-state index in [1.54, 1.807) is 6.92 Å². The summed E-state index contributed by atoms with van der Waals surface area (Å²) < 4.78 is 1.04. The third-order valence-corrected chi connectivity index (χ3v) is 4.84. The van der Waals surface area contributed by atoms with Crippen LogP contribution in [-0.4, -0.2) is 29.8 Å². The molecule has 0 saturated carbocycles. The molecule has 1 aromatic carbocycles. The Bertz CT molecular complexity index is 522. The first kappa shape index (κ1) is 17.0. The number of likely N-dealkylation sites (tertiary alicyclic amines) is 1. The van der Waals surface area contributed by atoms with E-state index in [1.807, 2.05) is 29.2 Å². The first-order valence-corrected chi connectivity index (χ1v) is 8.62. The average Bonchev–Trinajstić information content (AvgIpc) is 2.53. The zero-order chi connectivity index (χ0) is 16.1. The number of nitrogens with one attached hydrogen (secondary N) is 1. The molecule has 2 amide bonds. The number of amides is 2. The molecule has 1 atom stereocenters. The summed E-state index contributed by atoms with van der Waals surface area (Å²) in [6, 6.07) is 8.12. The van der Waals surface area contributed by atoms with Gasteiger partial charge in [-0.25, -0.2) is 0 Å². The Morgan fingerprint density at radius 3 is 2.36 bits per heavy atom. The summed E-state index contributed by atoms with van der Waals surface area (Å²) in [5.41, 5.74) is 1.13. The molecule has 1 N–H and O–H groups in total. The van der Waals surface area contributed by atoms with Crippen molar-refractivity contribution >= 4 is 27.7 Å². The van der Waals surface area contributed by atoms with Gasteiger partial charge in [0.2, 0.25) is 11.8 Å². The third kappa shape index (κ3) is 4.32. The van der Waals surface area contributed by atoms with Crippen molar-refractivity contribution in [3.63, 3.8) is 0 Å². The van der Waals surface area contributed by atoms with E-state index in [4.69, 9.17) is 0 Å². The SMILES string of the molecule is CC[C@@H](NC(=O)C1CCN(C(C)=O)CC1)c1ccc(Br)cc1. The van der Waals surface area contributed by atoms with Crippen LogP contribution in [0.1, 0.15) is 44.7 Å². The molecule has 1 fully saturated rings. The maximum Gasteiger partial charge on any atom is 0.223 e. The van der Waals surface area contributed by atoms with E-state index in [-0.39, 0.29) is 23.8 Å². The van der Waals surface area contributed by atoms with Gasteiger partial charge in [-0.2, -0.15) is 0 Å². The van der Waals surface area contributed by atoms with E-state index in [0.29, 0.717) is 13.1 Å². The molecule has 0 aromatic heterocycles. The number of carbonyl (C=O) groups is 2. The van der Waals surface area contributed by atoms with Crippen molar-refractivity contribution in [2.75, 3.05) is 13.1 Å². The molecule has 1 aromatic rings. The topological polar surface area (TPSA) is 49.4 Å². The quantitative estimate of drug-likeness (QED) is 0.888. The second-order valence-corrected chi connectivity index (χ2v) is 6.72. The van der Waals surface area contributed by atoms with Gasteiger partial charge in [0.15, 0.2) is 0 Å². The van der Waals surface area contributed by atoms with Crippen LogP contribution in [0, 0.1) is 5.92 Å². The standard InChI is InChI=1S/C17H23BrN2O2/c1-3-16(13-4-6-15(18)7-5-13)19-17(22)14-8-10-20(11-9-14)12(2)21/h4-7,14,16H,3,8-11H2,1-2H3,(H,19,22)/t16-/m1/s1. The summed E-state index contributed by atoms with van der Waals surface area (Å²) in [4.78, 5) is 25.6. The third-order valence-electron chi connectivity index (χ3n) is 4.31. The predicted molar refractivity (Wildman–Crippen MR) is 90.3 cm³/mol. The van der Waals surface area contributed by atoms with E-state index in [2.05, 4.69) is 28.2 Å². The van der Waals surface area contributed by atoms with Gasteiger partial charge in [-0.1, -0.05) is 35.0 Å². The van der Waals surface area contributed by atoms with Crippen molar-refractivity contribution in [1.29, 1.82) is 0 Å². The number of piperidine rings is 1. The summed E-state index contributed by atoms with van der Waals surface area (Å²) in [6.45, 7) is 5.03. The highest BCUT2D eigenvalue weighted by Crippen LogP contribution is 2.22. The largest absolute Gasteiger partial charge is 0.349 e. The molecule has 120 valence electrons. The van der Waals surface area contributed by atoms with Gasteiger partial charge in [-0.3, -0.25) is 9.59 Å². The molecule has 0 radical (unpaired) electrons. The van der Waals surface area contributed by atoms with E-state index in [1.165, 1.54) is 0 Å². The highest BCUT2D eigenvalue weighted by Gasteiger charge is 2.27. The van der Waals surface area contributed by atoms with Gasteiger partial charge in [-0.15, -0.1) is 0 Å². The molecule has 2 rings (SSSR count). The molecule has 0 aliphatic carbocycles.